The summed E-state index contributed by atoms with van der Waals surface area (Å²) in [7, 11) is 1.82. The molecule has 1 aliphatic rings. The summed E-state index contributed by atoms with van der Waals surface area (Å²) in [5.41, 5.74) is 4.44. The summed E-state index contributed by atoms with van der Waals surface area (Å²) in [6.45, 7) is 4.54. The van der Waals surface area contributed by atoms with Gasteiger partial charge < -0.3 is 10.3 Å². The highest BCUT2D eigenvalue weighted by molar-refractivity contribution is 5.83. The first-order valence-electron chi connectivity index (χ1n) is 10.3. The molecule has 3 aromatic rings. The minimum atomic E-state index is -0.134. The molecule has 6 nitrogen and oxygen atoms in total. The Morgan fingerprint density at radius 2 is 1.97 bits per heavy atom. The molecule has 0 saturated heterocycles. The van der Waals surface area contributed by atoms with Gasteiger partial charge in [-0.2, -0.15) is 5.10 Å². The average Bonchev–Trinajstić information content (AvgIpc) is 2.95. The largest absolute Gasteiger partial charge is 0.355 e. The van der Waals surface area contributed by atoms with Crippen LogP contribution in [0, 0.1) is 13.8 Å². The maximum absolute atomic E-state index is 12.6. The normalized spacial score (nSPS) is 15.3. The number of amides is 1. The predicted octanol–water partition coefficient (Wildman–Crippen LogP) is 3.05. The van der Waals surface area contributed by atoms with Gasteiger partial charge in [0.25, 0.3) is 5.56 Å². The molecule has 4 rings (SSSR count). The van der Waals surface area contributed by atoms with Crippen molar-refractivity contribution in [2.75, 3.05) is 6.54 Å². The van der Waals surface area contributed by atoms with Crippen LogP contribution in [0.4, 0.5) is 0 Å². The summed E-state index contributed by atoms with van der Waals surface area (Å²) in [5, 5.41) is 8.49. The van der Waals surface area contributed by atoms with Gasteiger partial charge in [-0.1, -0.05) is 36.8 Å². The molecule has 1 fully saturated rings. The quantitative estimate of drug-likeness (QED) is 0.677. The predicted molar refractivity (Wildman–Crippen MR) is 114 cm³/mol. The lowest BCUT2D eigenvalue weighted by atomic mass is 9.64. The van der Waals surface area contributed by atoms with E-state index < -0.39 is 0 Å². The minimum absolute atomic E-state index is 0.00554. The van der Waals surface area contributed by atoms with Gasteiger partial charge in [0.05, 0.1) is 5.69 Å². The van der Waals surface area contributed by atoms with Crippen molar-refractivity contribution in [2.45, 2.75) is 51.4 Å². The summed E-state index contributed by atoms with van der Waals surface area (Å²) < 4.78 is 1.69. The molecular formula is C23H28N4O2. The molecule has 0 spiro atoms. The second kappa shape index (κ2) is 7.50. The van der Waals surface area contributed by atoms with E-state index in [-0.39, 0.29) is 16.9 Å². The minimum Gasteiger partial charge on any atom is -0.355 e. The van der Waals surface area contributed by atoms with Gasteiger partial charge in [-0.3, -0.25) is 14.3 Å². The van der Waals surface area contributed by atoms with E-state index in [1.807, 2.05) is 27.0 Å². The molecule has 0 unspecified atom stereocenters. The number of benzene rings is 1. The van der Waals surface area contributed by atoms with Crippen molar-refractivity contribution in [2.24, 2.45) is 7.05 Å². The Labute approximate surface area is 170 Å². The van der Waals surface area contributed by atoms with Crippen LogP contribution in [-0.4, -0.2) is 27.2 Å². The molecule has 1 aromatic carbocycles. The van der Waals surface area contributed by atoms with Crippen molar-refractivity contribution in [1.82, 2.24) is 20.1 Å². The maximum atomic E-state index is 12.6. The van der Waals surface area contributed by atoms with E-state index in [2.05, 4.69) is 39.7 Å². The molecule has 6 heteroatoms. The smallest absolute Gasteiger partial charge is 0.253 e. The Kier molecular flexibility index (Phi) is 5.03. The number of aryl methyl sites for hydroxylation is 3. The molecule has 2 heterocycles. The number of nitrogens with zero attached hydrogens (tertiary/aromatic N) is 2. The topological polar surface area (TPSA) is 79.8 Å². The second-order valence-corrected chi connectivity index (χ2v) is 8.27. The number of rotatable bonds is 6. The molecule has 1 amide bonds. The lowest BCUT2D eigenvalue weighted by molar-refractivity contribution is -0.121. The number of hydrogen-bond donors (Lipinski definition) is 2. The summed E-state index contributed by atoms with van der Waals surface area (Å²) >= 11 is 0. The van der Waals surface area contributed by atoms with E-state index in [1.54, 1.807) is 4.68 Å². The van der Waals surface area contributed by atoms with Gasteiger partial charge in [-0.15, -0.1) is 0 Å². The highest BCUT2D eigenvalue weighted by Crippen LogP contribution is 2.43. The molecule has 2 N–H and O–H groups in total. The van der Waals surface area contributed by atoms with Gasteiger partial charge in [0, 0.05) is 36.4 Å². The summed E-state index contributed by atoms with van der Waals surface area (Å²) in [6, 6.07) is 10.4. The number of H-pyrrole nitrogens is 1. The molecule has 2 aromatic heterocycles. The highest BCUT2D eigenvalue weighted by atomic mass is 16.1. The maximum Gasteiger partial charge on any atom is 0.253 e. The van der Waals surface area contributed by atoms with E-state index in [1.165, 1.54) is 12.0 Å². The van der Waals surface area contributed by atoms with E-state index in [0.29, 0.717) is 24.9 Å². The van der Waals surface area contributed by atoms with Crippen LogP contribution in [-0.2, 0) is 23.7 Å². The molecular weight excluding hydrogens is 364 g/mol. The summed E-state index contributed by atoms with van der Waals surface area (Å²) in [4.78, 5) is 28.0. The highest BCUT2D eigenvalue weighted by Gasteiger charge is 2.38. The standard InChI is InChI=1S/C23H28N4O2/c1-15-18(22(29)25-21-20(15)16(2)26-27(21)3)10-11-19(28)24-14-23(12-7-13-23)17-8-5-4-6-9-17/h4-6,8-9H,7,10-14H2,1-3H3,(H,24,28)(H,25,29). The fourth-order valence-electron chi connectivity index (χ4n) is 4.61. The van der Waals surface area contributed by atoms with Crippen molar-refractivity contribution >= 4 is 16.9 Å². The number of carbonyl (C=O) groups excluding carboxylic acids is 1. The second-order valence-electron chi connectivity index (χ2n) is 8.27. The summed E-state index contributed by atoms with van der Waals surface area (Å²) in [6.07, 6.45) is 4.14. The zero-order valence-electron chi connectivity index (χ0n) is 17.3. The number of nitrogens with one attached hydrogen (secondary N) is 2. The third kappa shape index (κ3) is 3.48. The molecule has 29 heavy (non-hydrogen) atoms. The lowest BCUT2D eigenvalue weighted by Crippen LogP contribution is -2.45. The molecule has 0 atom stereocenters. The Morgan fingerprint density at radius 1 is 1.24 bits per heavy atom. The van der Waals surface area contributed by atoms with Crippen LogP contribution in [0.3, 0.4) is 0 Å². The Hall–Kier alpha value is -2.89. The van der Waals surface area contributed by atoms with Crippen LogP contribution in [0.25, 0.3) is 11.0 Å². The van der Waals surface area contributed by atoms with Crippen LogP contribution in [0.15, 0.2) is 35.1 Å². The fourth-order valence-corrected chi connectivity index (χ4v) is 4.61. The van der Waals surface area contributed by atoms with Crippen molar-refractivity contribution in [3.8, 4) is 0 Å². The van der Waals surface area contributed by atoms with Crippen LogP contribution in [0.2, 0.25) is 0 Å². The van der Waals surface area contributed by atoms with Gasteiger partial charge in [-0.05, 0) is 44.2 Å². The average molecular weight is 393 g/mol. The van der Waals surface area contributed by atoms with E-state index in [0.717, 1.165) is 35.1 Å². The van der Waals surface area contributed by atoms with E-state index in [4.69, 9.17) is 0 Å². The summed E-state index contributed by atoms with van der Waals surface area (Å²) in [5.74, 6) is -0.00554. The molecule has 0 bridgehead atoms. The van der Waals surface area contributed by atoms with Gasteiger partial charge in [-0.25, -0.2) is 0 Å². The Bertz CT molecular complexity index is 1110. The lowest BCUT2D eigenvalue weighted by Gasteiger charge is -2.42. The molecule has 1 saturated carbocycles. The molecule has 0 radical (unpaired) electrons. The number of aromatic amines is 1. The number of hydrogen-bond acceptors (Lipinski definition) is 3. The zero-order chi connectivity index (χ0) is 20.6. The molecule has 152 valence electrons. The number of carbonyl (C=O) groups is 1. The van der Waals surface area contributed by atoms with E-state index in [9.17, 15) is 9.59 Å². The molecule has 1 aliphatic carbocycles. The Morgan fingerprint density at radius 3 is 2.62 bits per heavy atom. The van der Waals surface area contributed by atoms with Gasteiger partial charge in [0.2, 0.25) is 5.91 Å². The first-order valence-corrected chi connectivity index (χ1v) is 10.3. The van der Waals surface area contributed by atoms with Crippen LogP contribution in [0.1, 0.15) is 48.1 Å². The van der Waals surface area contributed by atoms with E-state index >= 15 is 0 Å². The molecule has 0 aliphatic heterocycles. The zero-order valence-corrected chi connectivity index (χ0v) is 17.3. The van der Waals surface area contributed by atoms with Gasteiger partial charge in [0.1, 0.15) is 5.65 Å². The third-order valence-corrected chi connectivity index (χ3v) is 6.48. The number of pyridine rings is 1. The van der Waals surface area contributed by atoms with Crippen molar-refractivity contribution < 1.29 is 4.79 Å². The fraction of sp³-hybridized carbons (Fsp3) is 0.435. The SMILES string of the molecule is Cc1nn(C)c2[nH]c(=O)c(CCC(=O)NCC3(c4ccccc4)CCC3)c(C)c12. The third-order valence-electron chi connectivity index (χ3n) is 6.48. The van der Waals surface area contributed by atoms with Gasteiger partial charge >= 0.3 is 0 Å². The monoisotopic (exact) mass is 392 g/mol. The first-order chi connectivity index (χ1) is 13.9. The van der Waals surface area contributed by atoms with Crippen molar-refractivity contribution in [3.63, 3.8) is 0 Å². The number of aromatic nitrogens is 3. The van der Waals surface area contributed by atoms with Crippen LogP contribution < -0.4 is 10.9 Å². The van der Waals surface area contributed by atoms with Crippen molar-refractivity contribution in [3.05, 3.63) is 63.1 Å². The number of fused-ring (bicyclic) bond motifs is 1. The van der Waals surface area contributed by atoms with Crippen LogP contribution >= 0.6 is 0 Å². The van der Waals surface area contributed by atoms with Gasteiger partial charge in [0.15, 0.2) is 0 Å². The first kappa shape index (κ1) is 19.4. The van der Waals surface area contributed by atoms with Crippen LogP contribution in [0.5, 0.6) is 0 Å². The van der Waals surface area contributed by atoms with Crippen molar-refractivity contribution in [1.29, 1.82) is 0 Å². The Balaban J connectivity index is 1.44.